The Balaban J connectivity index is 4.23. The molecule has 6 nitrogen and oxygen atoms in total. The van der Waals surface area contributed by atoms with Crippen molar-refractivity contribution in [1.29, 1.82) is 0 Å². The molecule has 350 valence electrons. The van der Waals surface area contributed by atoms with Crippen molar-refractivity contribution < 1.29 is 28.6 Å². The number of hydrogen-bond donors (Lipinski definition) is 0. The van der Waals surface area contributed by atoms with E-state index in [4.69, 9.17) is 14.2 Å². The Morgan fingerprint density at radius 1 is 0.288 bits per heavy atom. The summed E-state index contributed by atoms with van der Waals surface area (Å²) >= 11 is 0. The van der Waals surface area contributed by atoms with Gasteiger partial charge in [-0.15, -0.1) is 0 Å². The summed E-state index contributed by atoms with van der Waals surface area (Å²) in [6.45, 7) is 13.7. The molecule has 0 bridgehead atoms. The summed E-state index contributed by atoms with van der Waals surface area (Å²) < 4.78 is 16.8. The van der Waals surface area contributed by atoms with Crippen molar-refractivity contribution >= 4 is 17.9 Å². The van der Waals surface area contributed by atoms with Crippen molar-refractivity contribution in [2.45, 2.75) is 292 Å². The lowest BCUT2D eigenvalue weighted by Crippen LogP contribution is -2.30. The summed E-state index contributed by atoms with van der Waals surface area (Å²) in [5.74, 6) is 1.58. The average molecular weight is 835 g/mol. The molecule has 0 aliphatic rings. The summed E-state index contributed by atoms with van der Waals surface area (Å²) in [6.07, 6.45) is 43.9. The van der Waals surface area contributed by atoms with Crippen LogP contribution in [0.4, 0.5) is 0 Å². The molecule has 6 heteroatoms. The average Bonchev–Trinajstić information content (AvgIpc) is 3.19. The Hall–Kier alpha value is -1.59. The van der Waals surface area contributed by atoms with Crippen molar-refractivity contribution in [3.05, 3.63) is 0 Å². The SMILES string of the molecule is CC(C)CCCCCCCCCCCCCCCCCC(=O)OC[C@@H](COC(=O)CCCCCCCCCCCCCC(C)C)OC(=O)CCCCCCCCC(C)C. The topological polar surface area (TPSA) is 78.9 Å². The fourth-order valence-corrected chi connectivity index (χ4v) is 7.94. The minimum Gasteiger partial charge on any atom is -0.462 e. The van der Waals surface area contributed by atoms with Crippen LogP contribution in [0.2, 0.25) is 0 Å². The minimum atomic E-state index is -0.763. The Labute approximate surface area is 368 Å². The van der Waals surface area contributed by atoms with Crippen molar-refractivity contribution in [3.8, 4) is 0 Å². The number of unbranched alkanes of at least 4 members (excludes halogenated alkanes) is 29. The zero-order chi connectivity index (χ0) is 43.4. The fraction of sp³-hybridized carbons (Fsp3) is 0.943. The molecular weight excluding hydrogens is 733 g/mol. The minimum absolute atomic E-state index is 0.0655. The van der Waals surface area contributed by atoms with Gasteiger partial charge in [0.25, 0.3) is 0 Å². The highest BCUT2D eigenvalue weighted by Crippen LogP contribution is 2.18. The number of carbonyl (C=O) groups is 3. The highest BCUT2D eigenvalue weighted by molar-refractivity contribution is 5.71. The van der Waals surface area contributed by atoms with Crippen LogP contribution < -0.4 is 0 Å². The van der Waals surface area contributed by atoms with Gasteiger partial charge in [0.2, 0.25) is 0 Å². The first-order valence-electron chi connectivity index (χ1n) is 26.1. The van der Waals surface area contributed by atoms with E-state index in [0.29, 0.717) is 19.3 Å². The second kappa shape index (κ2) is 44.5. The van der Waals surface area contributed by atoms with Gasteiger partial charge in [-0.25, -0.2) is 0 Å². The van der Waals surface area contributed by atoms with E-state index < -0.39 is 6.10 Å². The molecule has 0 amide bonds. The molecule has 0 aromatic heterocycles. The summed E-state index contributed by atoms with van der Waals surface area (Å²) in [5.41, 5.74) is 0. The smallest absolute Gasteiger partial charge is 0.306 e. The van der Waals surface area contributed by atoms with Crippen LogP contribution in [-0.4, -0.2) is 37.2 Å². The standard InChI is InChI=1S/C53H102O6/c1-47(2)39-33-27-21-17-13-10-8-7-9-11-15-19-23-30-36-42-51(54)57-45-50(59-53(56)44-38-32-26-25-29-35-41-49(5)6)46-58-52(55)43-37-31-24-20-16-12-14-18-22-28-34-40-48(3)4/h47-50H,7-46H2,1-6H3/t50-/m0/s1. The molecular formula is C53H102O6. The Kier molecular flexibility index (Phi) is 43.3. The van der Waals surface area contributed by atoms with E-state index in [1.54, 1.807) is 0 Å². The van der Waals surface area contributed by atoms with Crippen molar-refractivity contribution in [3.63, 3.8) is 0 Å². The fourth-order valence-electron chi connectivity index (χ4n) is 7.94. The predicted molar refractivity (Wildman–Crippen MR) is 252 cm³/mol. The molecule has 0 aliphatic carbocycles. The van der Waals surface area contributed by atoms with E-state index in [0.717, 1.165) is 75.5 Å². The van der Waals surface area contributed by atoms with Gasteiger partial charge >= 0.3 is 17.9 Å². The maximum absolute atomic E-state index is 12.7. The van der Waals surface area contributed by atoms with Gasteiger partial charge < -0.3 is 14.2 Å². The number of carbonyl (C=O) groups excluding carboxylic acids is 3. The van der Waals surface area contributed by atoms with E-state index in [9.17, 15) is 14.4 Å². The van der Waals surface area contributed by atoms with Crippen molar-refractivity contribution in [1.82, 2.24) is 0 Å². The normalized spacial score (nSPS) is 12.2. The lowest BCUT2D eigenvalue weighted by atomic mass is 10.0. The molecule has 59 heavy (non-hydrogen) atoms. The van der Waals surface area contributed by atoms with Gasteiger partial charge in [0.1, 0.15) is 13.2 Å². The third-order valence-electron chi connectivity index (χ3n) is 11.9. The highest BCUT2D eigenvalue weighted by Gasteiger charge is 2.19. The summed E-state index contributed by atoms with van der Waals surface area (Å²) in [4.78, 5) is 37.9. The van der Waals surface area contributed by atoms with Gasteiger partial charge in [-0.1, -0.05) is 247 Å². The molecule has 0 radical (unpaired) electrons. The van der Waals surface area contributed by atoms with Crippen LogP contribution in [0.15, 0.2) is 0 Å². The third kappa shape index (κ3) is 47.3. The summed E-state index contributed by atoms with van der Waals surface area (Å²) in [7, 11) is 0. The van der Waals surface area contributed by atoms with Crippen molar-refractivity contribution in [2.75, 3.05) is 13.2 Å². The molecule has 0 aliphatic heterocycles. The Bertz CT molecular complexity index is 914. The maximum Gasteiger partial charge on any atom is 0.306 e. The van der Waals surface area contributed by atoms with Gasteiger partial charge in [-0.05, 0) is 37.0 Å². The van der Waals surface area contributed by atoms with Gasteiger partial charge in [0.15, 0.2) is 6.10 Å². The predicted octanol–water partition coefficient (Wildman–Crippen LogP) is 16.8. The van der Waals surface area contributed by atoms with Gasteiger partial charge in [-0.3, -0.25) is 14.4 Å². The summed E-state index contributed by atoms with van der Waals surface area (Å²) in [6, 6.07) is 0. The molecule has 0 heterocycles. The summed E-state index contributed by atoms with van der Waals surface area (Å²) in [5, 5.41) is 0. The molecule has 1 atom stereocenters. The zero-order valence-corrected chi connectivity index (χ0v) is 40.5. The molecule has 0 spiro atoms. The lowest BCUT2D eigenvalue weighted by Gasteiger charge is -2.18. The highest BCUT2D eigenvalue weighted by atomic mass is 16.6. The number of rotatable bonds is 46. The molecule has 0 fully saturated rings. The van der Waals surface area contributed by atoms with Gasteiger partial charge in [-0.2, -0.15) is 0 Å². The third-order valence-corrected chi connectivity index (χ3v) is 11.9. The van der Waals surface area contributed by atoms with Gasteiger partial charge in [0.05, 0.1) is 0 Å². The van der Waals surface area contributed by atoms with Crippen LogP contribution in [0.5, 0.6) is 0 Å². The monoisotopic (exact) mass is 835 g/mol. The van der Waals surface area contributed by atoms with E-state index in [2.05, 4.69) is 41.5 Å². The maximum atomic E-state index is 12.7. The molecule has 0 saturated carbocycles. The molecule has 0 aromatic rings. The van der Waals surface area contributed by atoms with E-state index >= 15 is 0 Å². The van der Waals surface area contributed by atoms with Crippen LogP contribution in [0.25, 0.3) is 0 Å². The molecule has 0 unspecified atom stereocenters. The Morgan fingerprint density at radius 3 is 0.729 bits per heavy atom. The zero-order valence-electron chi connectivity index (χ0n) is 40.5. The van der Waals surface area contributed by atoms with Crippen LogP contribution in [0, 0.1) is 17.8 Å². The second-order valence-corrected chi connectivity index (χ2v) is 19.6. The van der Waals surface area contributed by atoms with Crippen LogP contribution in [0.1, 0.15) is 286 Å². The van der Waals surface area contributed by atoms with Gasteiger partial charge in [0, 0.05) is 19.3 Å². The van der Waals surface area contributed by atoms with E-state index in [1.165, 1.54) is 167 Å². The first-order chi connectivity index (χ1) is 28.6. The van der Waals surface area contributed by atoms with E-state index in [1.807, 2.05) is 0 Å². The first kappa shape index (κ1) is 57.4. The number of ether oxygens (including phenoxy) is 3. The van der Waals surface area contributed by atoms with E-state index in [-0.39, 0.29) is 31.1 Å². The molecule has 0 aromatic carbocycles. The Morgan fingerprint density at radius 2 is 0.492 bits per heavy atom. The van der Waals surface area contributed by atoms with Crippen LogP contribution in [-0.2, 0) is 28.6 Å². The lowest BCUT2D eigenvalue weighted by molar-refractivity contribution is -0.167. The molecule has 0 saturated heterocycles. The number of hydrogen-bond acceptors (Lipinski definition) is 6. The van der Waals surface area contributed by atoms with Crippen LogP contribution >= 0.6 is 0 Å². The molecule has 0 N–H and O–H groups in total. The second-order valence-electron chi connectivity index (χ2n) is 19.6. The van der Waals surface area contributed by atoms with Crippen molar-refractivity contribution in [2.24, 2.45) is 17.8 Å². The molecule has 0 rings (SSSR count). The first-order valence-corrected chi connectivity index (χ1v) is 26.1. The number of esters is 3. The van der Waals surface area contributed by atoms with Crippen LogP contribution in [0.3, 0.4) is 0 Å². The quantitative estimate of drug-likeness (QED) is 0.0345. The largest absolute Gasteiger partial charge is 0.462 e.